The van der Waals surface area contributed by atoms with E-state index in [1.165, 1.54) is 0 Å². The third-order valence-electron chi connectivity index (χ3n) is 2.55. The highest BCUT2D eigenvalue weighted by Crippen LogP contribution is 2.22. The van der Waals surface area contributed by atoms with E-state index in [1.54, 1.807) is 19.1 Å². The molecule has 1 aromatic heterocycles. The van der Waals surface area contributed by atoms with E-state index < -0.39 is 0 Å². The second-order valence-electron chi connectivity index (χ2n) is 3.95. The maximum Gasteiger partial charge on any atom is 0.139 e. The van der Waals surface area contributed by atoms with Gasteiger partial charge in [-0.1, -0.05) is 6.07 Å². The Bertz CT molecular complexity index is 628. The predicted molar refractivity (Wildman–Crippen MR) is 70.4 cm³/mol. The average Bonchev–Trinajstić information content (AvgIpc) is 2.35. The molecule has 0 fully saturated rings. The van der Waals surface area contributed by atoms with Crippen molar-refractivity contribution >= 4 is 17.3 Å². The molecule has 0 unspecified atom stereocenters. The van der Waals surface area contributed by atoms with Gasteiger partial charge in [-0.25, -0.2) is 9.97 Å². The maximum atomic E-state index is 8.85. The Morgan fingerprint density at radius 2 is 2.06 bits per heavy atom. The lowest BCUT2D eigenvalue weighted by molar-refractivity contribution is 1.04. The summed E-state index contributed by atoms with van der Waals surface area (Å²) in [6.07, 6.45) is 0. The lowest BCUT2D eigenvalue weighted by Crippen LogP contribution is -2.04. The zero-order valence-corrected chi connectivity index (χ0v) is 10.2. The predicted octanol–water partition coefficient (Wildman–Crippen LogP) is 2.29. The van der Waals surface area contributed by atoms with Crippen LogP contribution in [0.5, 0.6) is 0 Å². The lowest BCUT2D eigenvalue weighted by atomic mass is 10.2. The molecule has 0 aliphatic rings. The molecular weight excluding hydrogens is 226 g/mol. The van der Waals surface area contributed by atoms with Gasteiger partial charge in [0.2, 0.25) is 0 Å². The zero-order chi connectivity index (χ0) is 13.1. The van der Waals surface area contributed by atoms with Crippen LogP contribution in [0.1, 0.15) is 17.0 Å². The summed E-state index contributed by atoms with van der Waals surface area (Å²) < 4.78 is 0. The second kappa shape index (κ2) is 4.72. The van der Waals surface area contributed by atoms with Crippen molar-refractivity contribution in [2.24, 2.45) is 0 Å². The fourth-order valence-corrected chi connectivity index (χ4v) is 1.58. The molecule has 2 aromatic rings. The van der Waals surface area contributed by atoms with Gasteiger partial charge in [-0.2, -0.15) is 5.26 Å². The molecule has 0 aliphatic carbocycles. The van der Waals surface area contributed by atoms with Crippen molar-refractivity contribution in [2.45, 2.75) is 13.8 Å². The van der Waals surface area contributed by atoms with E-state index in [4.69, 9.17) is 11.0 Å². The van der Waals surface area contributed by atoms with Crippen LogP contribution in [-0.2, 0) is 0 Å². The molecule has 3 N–H and O–H groups in total. The molecule has 0 atom stereocenters. The Morgan fingerprint density at radius 3 is 2.78 bits per heavy atom. The van der Waals surface area contributed by atoms with Crippen LogP contribution in [0, 0.1) is 25.2 Å². The van der Waals surface area contributed by atoms with Crippen LogP contribution < -0.4 is 11.1 Å². The smallest absolute Gasteiger partial charge is 0.139 e. The number of aromatic nitrogens is 2. The van der Waals surface area contributed by atoms with Crippen molar-refractivity contribution in [1.82, 2.24) is 9.97 Å². The molecule has 18 heavy (non-hydrogen) atoms. The third kappa shape index (κ3) is 2.38. The molecule has 5 heteroatoms. The number of rotatable bonds is 2. The summed E-state index contributed by atoms with van der Waals surface area (Å²) in [4.78, 5) is 8.38. The lowest BCUT2D eigenvalue weighted by Gasteiger charge is -2.10. The highest BCUT2D eigenvalue weighted by Gasteiger charge is 2.07. The average molecular weight is 239 g/mol. The Hall–Kier alpha value is -2.61. The van der Waals surface area contributed by atoms with E-state index in [9.17, 15) is 0 Å². The van der Waals surface area contributed by atoms with Crippen molar-refractivity contribution in [3.05, 3.63) is 41.2 Å². The van der Waals surface area contributed by atoms with Gasteiger partial charge in [-0.15, -0.1) is 0 Å². The van der Waals surface area contributed by atoms with Gasteiger partial charge in [0.05, 0.1) is 11.6 Å². The monoisotopic (exact) mass is 239 g/mol. The summed E-state index contributed by atoms with van der Waals surface area (Å²) in [5, 5.41) is 12.0. The molecule has 5 nitrogen and oxygen atoms in total. The van der Waals surface area contributed by atoms with Gasteiger partial charge in [-0.3, -0.25) is 0 Å². The van der Waals surface area contributed by atoms with E-state index in [1.807, 2.05) is 19.1 Å². The third-order valence-corrected chi connectivity index (χ3v) is 2.55. The first-order valence-electron chi connectivity index (χ1n) is 5.48. The molecule has 0 saturated carbocycles. The van der Waals surface area contributed by atoms with E-state index in [0.29, 0.717) is 23.0 Å². The Labute approximate surface area is 105 Å². The minimum Gasteiger partial charge on any atom is -0.383 e. The van der Waals surface area contributed by atoms with Crippen LogP contribution in [0.4, 0.5) is 17.3 Å². The molecule has 2 rings (SSSR count). The van der Waals surface area contributed by atoms with E-state index >= 15 is 0 Å². The number of hydrogen-bond acceptors (Lipinski definition) is 5. The number of nitrogens with zero attached hydrogens (tertiary/aromatic N) is 3. The number of hydrogen-bond donors (Lipinski definition) is 2. The molecule has 0 radical (unpaired) electrons. The highest BCUT2D eigenvalue weighted by molar-refractivity contribution is 5.64. The molecule has 90 valence electrons. The fourth-order valence-electron chi connectivity index (χ4n) is 1.58. The molecule has 0 amide bonds. The molecule has 0 aliphatic heterocycles. The molecule has 1 heterocycles. The molecule has 0 spiro atoms. The largest absolute Gasteiger partial charge is 0.383 e. The van der Waals surface area contributed by atoms with Crippen LogP contribution in [-0.4, -0.2) is 9.97 Å². The first-order chi connectivity index (χ1) is 8.60. The SMILES string of the molecule is Cc1nc(N)c(C)c(Nc2cccc(C#N)c2)n1. The topological polar surface area (TPSA) is 87.6 Å². The second-order valence-corrected chi connectivity index (χ2v) is 3.95. The number of aryl methyl sites for hydroxylation is 1. The number of benzene rings is 1. The van der Waals surface area contributed by atoms with Crippen LogP contribution >= 0.6 is 0 Å². The maximum absolute atomic E-state index is 8.85. The summed E-state index contributed by atoms with van der Waals surface area (Å²) in [6.45, 7) is 3.64. The zero-order valence-electron chi connectivity index (χ0n) is 10.2. The van der Waals surface area contributed by atoms with Gasteiger partial charge in [0, 0.05) is 11.3 Å². The summed E-state index contributed by atoms with van der Waals surface area (Å²) in [7, 11) is 0. The number of anilines is 3. The standard InChI is InChI=1S/C13H13N5/c1-8-12(15)16-9(2)17-13(8)18-11-5-3-4-10(6-11)7-14/h3-6H,1-2H3,(H3,15,16,17,18). The Kier molecular flexibility index (Phi) is 3.11. The Morgan fingerprint density at radius 1 is 1.28 bits per heavy atom. The summed E-state index contributed by atoms with van der Waals surface area (Å²) in [5.74, 6) is 1.73. The number of nitriles is 1. The molecular formula is C13H13N5. The first-order valence-corrected chi connectivity index (χ1v) is 5.48. The van der Waals surface area contributed by atoms with Gasteiger partial charge < -0.3 is 11.1 Å². The summed E-state index contributed by atoms with van der Waals surface area (Å²) >= 11 is 0. The number of nitrogen functional groups attached to an aromatic ring is 1. The van der Waals surface area contributed by atoms with E-state index in [0.717, 1.165) is 11.3 Å². The van der Waals surface area contributed by atoms with Gasteiger partial charge in [0.15, 0.2) is 0 Å². The van der Waals surface area contributed by atoms with Crippen molar-refractivity contribution in [1.29, 1.82) is 5.26 Å². The van der Waals surface area contributed by atoms with Gasteiger partial charge in [-0.05, 0) is 32.0 Å². The van der Waals surface area contributed by atoms with E-state index in [-0.39, 0.29) is 0 Å². The highest BCUT2D eigenvalue weighted by atomic mass is 15.1. The molecule has 0 bridgehead atoms. The number of nitrogens with two attached hydrogens (primary N) is 1. The molecule has 1 aromatic carbocycles. The van der Waals surface area contributed by atoms with Crippen molar-refractivity contribution in [3.8, 4) is 6.07 Å². The van der Waals surface area contributed by atoms with Gasteiger partial charge in [0.1, 0.15) is 17.5 Å². The van der Waals surface area contributed by atoms with Crippen molar-refractivity contribution in [3.63, 3.8) is 0 Å². The summed E-state index contributed by atoms with van der Waals surface area (Å²) in [6, 6.07) is 9.28. The van der Waals surface area contributed by atoms with Crippen molar-refractivity contribution in [2.75, 3.05) is 11.1 Å². The minimum atomic E-state index is 0.460. The quantitative estimate of drug-likeness (QED) is 0.839. The summed E-state index contributed by atoms with van der Waals surface area (Å²) in [5.41, 5.74) is 7.98. The fraction of sp³-hybridized carbons (Fsp3) is 0.154. The van der Waals surface area contributed by atoms with Crippen LogP contribution in [0.2, 0.25) is 0 Å². The first kappa shape index (κ1) is 11.9. The van der Waals surface area contributed by atoms with Crippen molar-refractivity contribution < 1.29 is 0 Å². The van der Waals surface area contributed by atoms with Crippen LogP contribution in [0.25, 0.3) is 0 Å². The Balaban J connectivity index is 2.37. The molecule has 0 saturated heterocycles. The number of nitrogens with one attached hydrogen (secondary N) is 1. The van der Waals surface area contributed by atoms with E-state index in [2.05, 4.69) is 21.4 Å². The normalized spacial score (nSPS) is 9.83. The van der Waals surface area contributed by atoms with Gasteiger partial charge in [0.25, 0.3) is 0 Å². The van der Waals surface area contributed by atoms with Gasteiger partial charge >= 0.3 is 0 Å². The minimum absolute atomic E-state index is 0.460. The van der Waals surface area contributed by atoms with Crippen LogP contribution in [0.15, 0.2) is 24.3 Å². The van der Waals surface area contributed by atoms with Crippen LogP contribution in [0.3, 0.4) is 0 Å².